The van der Waals surface area contributed by atoms with Gasteiger partial charge in [-0.2, -0.15) is 0 Å². The molecule has 0 spiro atoms. The highest BCUT2D eigenvalue weighted by molar-refractivity contribution is 9.10. The average Bonchev–Trinajstić information content (AvgIpc) is 2.49. The first-order chi connectivity index (χ1) is 10.1. The first kappa shape index (κ1) is 14.6. The van der Waals surface area contributed by atoms with E-state index < -0.39 is 0 Å². The summed E-state index contributed by atoms with van der Waals surface area (Å²) < 4.78 is 2.01. The third kappa shape index (κ3) is 3.31. The molecule has 2 aromatic carbocycles. The van der Waals surface area contributed by atoms with Gasteiger partial charge in [-0.3, -0.25) is 0 Å². The van der Waals surface area contributed by atoms with Crippen molar-refractivity contribution in [3.05, 3.63) is 62.8 Å². The van der Waals surface area contributed by atoms with E-state index in [1.165, 1.54) is 0 Å². The fraction of sp³-hybridized carbons (Fsp3) is 0. The highest BCUT2D eigenvalue weighted by Gasteiger charge is 2.12. The van der Waals surface area contributed by atoms with Crippen LogP contribution in [0.25, 0.3) is 22.5 Å². The van der Waals surface area contributed by atoms with Crippen LogP contribution in [0.4, 0.5) is 0 Å². The van der Waals surface area contributed by atoms with Gasteiger partial charge >= 0.3 is 0 Å². The van der Waals surface area contributed by atoms with E-state index in [1.807, 2.05) is 48.5 Å². The van der Waals surface area contributed by atoms with Crippen molar-refractivity contribution in [1.29, 1.82) is 0 Å². The minimum absolute atomic E-state index is 0.133. The van der Waals surface area contributed by atoms with Crippen LogP contribution in [0, 0.1) is 0 Å². The van der Waals surface area contributed by atoms with E-state index in [2.05, 4.69) is 47.0 Å². The van der Waals surface area contributed by atoms with Crippen LogP contribution in [0.3, 0.4) is 0 Å². The summed E-state index contributed by atoms with van der Waals surface area (Å²) in [6, 6.07) is 15.7. The van der Waals surface area contributed by atoms with E-state index >= 15 is 0 Å². The molecule has 1 heterocycles. The Labute approximate surface area is 143 Å². The van der Waals surface area contributed by atoms with Gasteiger partial charge in [-0.05, 0) is 35.9 Å². The van der Waals surface area contributed by atoms with Crippen molar-refractivity contribution in [1.82, 2.24) is 15.2 Å². The number of rotatable bonds is 2. The monoisotopic (exact) mass is 423 g/mol. The van der Waals surface area contributed by atoms with E-state index in [1.54, 1.807) is 0 Å². The molecular formula is C15H8Br2ClN3. The predicted octanol–water partition coefficient (Wildman–Crippen LogP) is 5.38. The topological polar surface area (TPSA) is 38.7 Å². The van der Waals surface area contributed by atoms with Crippen LogP contribution in [0.1, 0.15) is 0 Å². The van der Waals surface area contributed by atoms with Crippen molar-refractivity contribution < 1.29 is 0 Å². The molecule has 0 fully saturated rings. The van der Waals surface area contributed by atoms with Crippen LogP contribution in [0.2, 0.25) is 5.28 Å². The SMILES string of the molecule is Clc1nnc(-c2ccc(Br)cc2)c(-c2ccc(Br)cc2)n1. The lowest BCUT2D eigenvalue weighted by molar-refractivity contribution is 0.982. The number of nitrogens with zero attached hydrogens (tertiary/aromatic N) is 3. The molecule has 1 aromatic heterocycles. The summed E-state index contributed by atoms with van der Waals surface area (Å²) in [7, 11) is 0. The van der Waals surface area contributed by atoms with Gasteiger partial charge in [-0.25, -0.2) is 4.98 Å². The molecule has 0 aliphatic rings. The van der Waals surface area contributed by atoms with Gasteiger partial charge in [0.15, 0.2) is 0 Å². The van der Waals surface area contributed by atoms with Crippen LogP contribution in [-0.4, -0.2) is 15.2 Å². The van der Waals surface area contributed by atoms with Gasteiger partial charge in [0, 0.05) is 20.1 Å². The molecule has 0 radical (unpaired) electrons. The molecule has 6 heteroatoms. The highest BCUT2D eigenvalue weighted by Crippen LogP contribution is 2.30. The molecular weight excluding hydrogens is 417 g/mol. The largest absolute Gasteiger partial charge is 0.243 e. The van der Waals surface area contributed by atoms with Crippen molar-refractivity contribution in [3.63, 3.8) is 0 Å². The molecule has 0 aliphatic carbocycles. The lowest BCUT2D eigenvalue weighted by Gasteiger charge is -2.08. The Morgan fingerprint density at radius 1 is 0.667 bits per heavy atom. The van der Waals surface area contributed by atoms with E-state index in [-0.39, 0.29) is 5.28 Å². The molecule has 0 saturated heterocycles. The summed E-state index contributed by atoms with van der Waals surface area (Å²) in [6.07, 6.45) is 0. The summed E-state index contributed by atoms with van der Waals surface area (Å²) in [6.45, 7) is 0. The molecule has 0 bridgehead atoms. The molecule has 0 amide bonds. The van der Waals surface area contributed by atoms with Crippen molar-refractivity contribution in [2.75, 3.05) is 0 Å². The zero-order valence-electron chi connectivity index (χ0n) is 10.6. The Bertz CT molecular complexity index is 774. The van der Waals surface area contributed by atoms with E-state index in [0.29, 0.717) is 11.4 Å². The molecule has 3 aromatic rings. The van der Waals surface area contributed by atoms with Crippen LogP contribution < -0.4 is 0 Å². The number of hydrogen-bond donors (Lipinski definition) is 0. The second-order valence-electron chi connectivity index (χ2n) is 4.29. The van der Waals surface area contributed by atoms with Gasteiger partial charge in [-0.1, -0.05) is 56.1 Å². The molecule has 3 nitrogen and oxygen atoms in total. The number of benzene rings is 2. The van der Waals surface area contributed by atoms with Crippen LogP contribution in [-0.2, 0) is 0 Å². The fourth-order valence-corrected chi connectivity index (χ4v) is 2.57. The van der Waals surface area contributed by atoms with E-state index in [9.17, 15) is 0 Å². The Morgan fingerprint density at radius 2 is 1.14 bits per heavy atom. The zero-order valence-corrected chi connectivity index (χ0v) is 14.5. The smallest absolute Gasteiger partial charge is 0.214 e. The minimum Gasteiger partial charge on any atom is -0.214 e. The normalized spacial score (nSPS) is 10.6. The summed E-state index contributed by atoms with van der Waals surface area (Å²) in [5, 5.41) is 8.20. The number of aromatic nitrogens is 3. The molecule has 104 valence electrons. The first-order valence-electron chi connectivity index (χ1n) is 6.05. The number of hydrogen-bond acceptors (Lipinski definition) is 3. The molecule has 0 aliphatic heterocycles. The minimum atomic E-state index is 0.133. The Morgan fingerprint density at radius 3 is 1.67 bits per heavy atom. The maximum absolute atomic E-state index is 5.91. The van der Waals surface area contributed by atoms with Gasteiger partial charge in [0.2, 0.25) is 5.28 Å². The van der Waals surface area contributed by atoms with Crippen molar-refractivity contribution >= 4 is 43.5 Å². The predicted molar refractivity (Wildman–Crippen MR) is 91.1 cm³/mol. The Kier molecular flexibility index (Phi) is 4.33. The summed E-state index contributed by atoms with van der Waals surface area (Å²) >= 11 is 12.8. The molecule has 0 atom stereocenters. The van der Waals surface area contributed by atoms with Crippen LogP contribution >= 0.6 is 43.5 Å². The highest BCUT2D eigenvalue weighted by atomic mass is 79.9. The van der Waals surface area contributed by atoms with Crippen LogP contribution in [0.5, 0.6) is 0 Å². The zero-order chi connectivity index (χ0) is 14.8. The van der Waals surface area contributed by atoms with E-state index in [0.717, 1.165) is 20.1 Å². The molecule has 21 heavy (non-hydrogen) atoms. The van der Waals surface area contributed by atoms with Crippen molar-refractivity contribution in [2.45, 2.75) is 0 Å². The van der Waals surface area contributed by atoms with Gasteiger partial charge in [-0.15, -0.1) is 10.2 Å². The first-order valence-corrected chi connectivity index (χ1v) is 8.02. The summed E-state index contributed by atoms with van der Waals surface area (Å²) in [5.74, 6) is 0. The van der Waals surface area contributed by atoms with Gasteiger partial charge in [0.05, 0.1) is 0 Å². The summed E-state index contributed by atoms with van der Waals surface area (Å²) in [5.41, 5.74) is 3.29. The standard InChI is InChI=1S/C15H8Br2ClN3/c16-11-5-1-9(2-6-11)13-14(20-21-15(18)19-13)10-3-7-12(17)8-4-10/h1-8H. The van der Waals surface area contributed by atoms with Crippen LogP contribution in [0.15, 0.2) is 57.5 Å². The third-order valence-corrected chi connectivity index (χ3v) is 4.11. The van der Waals surface area contributed by atoms with Gasteiger partial charge < -0.3 is 0 Å². The summed E-state index contributed by atoms with van der Waals surface area (Å²) in [4.78, 5) is 4.34. The van der Waals surface area contributed by atoms with Crippen molar-refractivity contribution in [3.8, 4) is 22.5 Å². The van der Waals surface area contributed by atoms with E-state index in [4.69, 9.17) is 11.6 Å². The number of halogens is 3. The van der Waals surface area contributed by atoms with Crippen molar-refractivity contribution in [2.24, 2.45) is 0 Å². The lowest BCUT2D eigenvalue weighted by Crippen LogP contribution is -1.97. The average molecular weight is 426 g/mol. The second kappa shape index (κ2) is 6.22. The Balaban J connectivity index is 2.17. The third-order valence-electron chi connectivity index (χ3n) is 2.90. The molecule has 3 rings (SSSR count). The second-order valence-corrected chi connectivity index (χ2v) is 6.46. The van der Waals surface area contributed by atoms with Gasteiger partial charge in [0.1, 0.15) is 11.4 Å². The maximum Gasteiger partial charge on any atom is 0.243 e. The molecule has 0 N–H and O–H groups in total. The molecule has 0 saturated carbocycles. The fourth-order valence-electron chi connectivity index (χ4n) is 1.92. The van der Waals surface area contributed by atoms with Gasteiger partial charge in [0.25, 0.3) is 0 Å². The maximum atomic E-state index is 5.91. The quantitative estimate of drug-likeness (QED) is 0.553. The lowest BCUT2D eigenvalue weighted by atomic mass is 10.0. The Hall–Kier alpha value is -1.30. The molecule has 0 unspecified atom stereocenters.